The van der Waals surface area contributed by atoms with Gasteiger partial charge in [0, 0.05) is 45.0 Å². The van der Waals surface area contributed by atoms with Crippen molar-refractivity contribution in [3.05, 3.63) is 118 Å². The van der Waals surface area contributed by atoms with Crippen molar-refractivity contribution < 1.29 is 38.1 Å². The third kappa shape index (κ3) is 13.3. The standard InChI is InChI=1S/C30H33N3O4.C22H26ClN3O4/c1-29(2,3)36-27(34)25-22-15-13-20-17-31-21(14-12-19-10-8-7-9-11-19)16-23(20)26(22)33-24(25)18-32-28(35)37-30(4,5)6;1-21(2,3)29-19(27)17-13-8-7-12-10-24-16(23)9-14(12)18(13)26-15(17)11-25-20(28)30-22(4,5)6/h7-17,31H,18H2,1-6H3,(H,32,35);7-10,24H,11H2,1-6H3,(H,25,28)/b14-12+;. The van der Waals surface area contributed by atoms with Gasteiger partial charge in [-0.1, -0.05) is 72.3 Å². The quantitative estimate of drug-likeness (QED) is 0.0649. The van der Waals surface area contributed by atoms with E-state index in [1.165, 1.54) is 0 Å². The molecule has 0 atom stereocenters. The summed E-state index contributed by atoms with van der Waals surface area (Å²) in [6.07, 6.45) is 6.54. The number of aromatic amines is 2. The van der Waals surface area contributed by atoms with E-state index in [1.807, 2.05) is 99.8 Å². The fourth-order valence-corrected chi connectivity index (χ4v) is 7.13. The molecular weight excluding hydrogens is 872 g/mol. The van der Waals surface area contributed by atoms with Crippen LogP contribution in [0.25, 0.3) is 55.5 Å². The van der Waals surface area contributed by atoms with Crippen LogP contribution in [0.15, 0.2) is 79.1 Å². The largest absolute Gasteiger partial charge is 0.456 e. The predicted molar refractivity (Wildman–Crippen MR) is 264 cm³/mol. The zero-order valence-corrected chi connectivity index (χ0v) is 40.9. The van der Waals surface area contributed by atoms with Gasteiger partial charge in [0.25, 0.3) is 0 Å². The maximum Gasteiger partial charge on any atom is 0.407 e. The van der Waals surface area contributed by atoms with Gasteiger partial charge in [0.1, 0.15) is 27.6 Å². The van der Waals surface area contributed by atoms with E-state index in [-0.39, 0.29) is 13.1 Å². The third-order valence-corrected chi connectivity index (χ3v) is 9.72. The van der Waals surface area contributed by atoms with Gasteiger partial charge >= 0.3 is 24.1 Å². The minimum atomic E-state index is -0.683. The highest BCUT2D eigenvalue weighted by atomic mass is 35.5. The number of hydrogen-bond donors (Lipinski definition) is 4. The molecule has 0 bridgehead atoms. The molecule has 67 heavy (non-hydrogen) atoms. The lowest BCUT2D eigenvalue weighted by Crippen LogP contribution is -2.32. The molecule has 3 aromatic carbocycles. The van der Waals surface area contributed by atoms with Crippen molar-refractivity contribution in [2.24, 2.45) is 0 Å². The maximum atomic E-state index is 13.3. The highest BCUT2D eigenvalue weighted by Crippen LogP contribution is 2.33. The van der Waals surface area contributed by atoms with Crippen LogP contribution >= 0.6 is 11.6 Å². The van der Waals surface area contributed by atoms with Crippen molar-refractivity contribution in [3.8, 4) is 0 Å². The molecule has 352 valence electrons. The molecule has 4 heterocycles. The van der Waals surface area contributed by atoms with Crippen LogP contribution in [-0.4, -0.2) is 66.5 Å². The van der Waals surface area contributed by atoms with Crippen LogP contribution in [0.2, 0.25) is 5.15 Å². The van der Waals surface area contributed by atoms with Gasteiger partial charge in [-0.05, 0) is 112 Å². The Morgan fingerprint density at radius 3 is 1.43 bits per heavy atom. The Kier molecular flexibility index (Phi) is 14.4. The summed E-state index contributed by atoms with van der Waals surface area (Å²) in [4.78, 5) is 66.4. The second-order valence-corrected chi connectivity index (χ2v) is 20.3. The zero-order chi connectivity index (χ0) is 49.1. The highest BCUT2D eigenvalue weighted by Gasteiger charge is 2.29. The second-order valence-electron chi connectivity index (χ2n) is 19.9. The number of nitrogens with one attached hydrogen (secondary N) is 4. The number of amides is 2. The summed E-state index contributed by atoms with van der Waals surface area (Å²) in [6, 6.07) is 21.3. The molecule has 0 unspecified atom stereocenters. The van der Waals surface area contributed by atoms with Crippen LogP contribution < -0.4 is 10.6 Å². The van der Waals surface area contributed by atoms with E-state index < -0.39 is 46.5 Å². The molecule has 7 rings (SSSR count). The van der Waals surface area contributed by atoms with Crippen molar-refractivity contribution in [2.45, 2.75) is 119 Å². The normalized spacial score (nSPS) is 12.3. The number of nitrogens with zero attached hydrogens (tertiary/aromatic N) is 2. The third-order valence-electron chi connectivity index (χ3n) is 9.50. The number of ether oxygens (including phenoxy) is 4. The van der Waals surface area contributed by atoms with E-state index >= 15 is 0 Å². The summed E-state index contributed by atoms with van der Waals surface area (Å²) < 4.78 is 21.9. The molecule has 0 aliphatic rings. The van der Waals surface area contributed by atoms with Gasteiger partial charge in [-0.2, -0.15) is 0 Å². The van der Waals surface area contributed by atoms with E-state index in [0.29, 0.717) is 49.5 Å². The molecule has 0 aliphatic heterocycles. The number of halogens is 1. The summed E-state index contributed by atoms with van der Waals surface area (Å²) in [7, 11) is 0. The summed E-state index contributed by atoms with van der Waals surface area (Å²) in [6.45, 7) is 21.6. The Balaban J connectivity index is 0.000000226. The number of pyridine rings is 2. The molecule has 7 aromatic rings. The van der Waals surface area contributed by atoms with Crippen molar-refractivity contribution in [2.75, 3.05) is 0 Å². The molecule has 14 nitrogen and oxygen atoms in total. The van der Waals surface area contributed by atoms with Gasteiger partial charge in [0.15, 0.2) is 0 Å². The number of H-pyrrole nitrogens is 2. The number of aromatic nitrogens is 4. The van der Waals surface area contributed by atoms with Crippen molar-refractivity contribution in [3.63, 3.8) is 0 Å². The van der Waals surface area contributed by atoms with Crippen LogP contribution in [0.3, 0.4) is 0 Å². The Morgan fingerprint density at radius 2 is 0.985 bits per heavy atom. The zero-order valence-electron chi connectivity index (χ0n) is 40.1. The minimum Gasteiger partial charge on any atom is -0.456 e. The summed E-state index contributed by atoms with van der Waals surface area (Å²) in [5.74, 6) is -0.985. The first-order chi connectivity index (χ1) is 31.2. The van der Waals surface area contributed by atoms with Gasteiger partial charge in [-0.15, -0.1) is 0 Å². The Bertz CT molecular complexity index is 3000. The Hall–Kier alpha value is -6.93. The summed E-state index contributed by atoms with van der Waals surface area (Å²) in [5.41, 5.74) is 2.13. The number of carbonyl (C=O) groups is 4. The Labute approximate surface area is 395 Å². The van der Waals surface area contributed by atoms with Crippen LogP contribution in [0, 0.1) is 0 Å². The lowest BCUT2D eigenvalue weighted by Gasteiger charge is -2.20. The maximum absolute atomic E-state index is 13.3. The van der Waals surface area contributed by atoms with Gasteiger partial charge in [-0.3, -0.25) is 0 Å². The number of benzene rings is 3. The fourth-order valence-electron chi connectivity index (χ4n) is 6.97. The van der Waals surface area contributed by atoms with E-state index in [1.54, 1.807) is 74.6 Å². The van der Waals surface area contributed by atoms with E-state index in [9.17, 15) is 19.2 Å². The number of alkyl carbamates (subject to hydrolysis) is 2. The Morgan fingerprint density at radius 1 is 0.552 bits per heavy atom. The minimum absolute atomic E-state index is 0.0202. The predicted octanol–water partition coefficient (Wildman–Crippen LogP) is 12.2. The fraction of sp³-hybridized carbons (Fsp3) is 0.346. The van der Waals surface area contributed by atoms with Gasteiger partial charge in [-0.25, -0.2) is 29.1 Å². The number of hydrogen-bond acceptors (Lipinski definition) is 10. The van der Waals surface area contributed by atoms with Gasteiger partial charge < -0.3 is 39.5 Å². The van der Waals surface area contributed by atoms with Crippen molar-refractivity contribution >= 4 is 91.2 Å². The number of rotatable bonds is 8. The molecule has 0 saturated carbocycles. The smallest absolute Gasteiger partial charge is 0.407 e. The molecule has 15 heteroatoms. The van der Waals surface area contributed by atoms with Crippen molar-refractivity contribution in [1.82, 2.24) is 30.6 Å². The highest BCUT2D eigenvalue weighted by molar-refractivity contribution is 6.30. The number of fused-ring (bicyclic) bond motifs is 6. The van der Waals surface area contributed by atoms with E-state index in [4.69, 9.17) is 35.5 Å². The second kappa shape index (κ2) is 19.5. The summed E-state index contributed by atoms with van der Waals surface area (Å²) >= 11 is 6.13. The topological polar surface area (TPSA) is 187 Å². The molecule has 0 fully saturated rings. The molecule has 0 saturated heterocycles. The average Bonchev–Trinajstić information content (AvgIpc) is 3.79. The molecule has 0 aliphatic carbocycles. The number of carbonyl (C=O) groups excluding carboxylic acids is 4. The molecule has 4 aromatic heterocycles. The molecule has 0 radical (unpaired) electrons. The number of esters is 2. The van der Waals surface area contributed by atoms with Crippen LogP contribution in [0.4, 0.5) is 9.59 Å². The van der Waals surface area contributed by atoms with Gasteiger partial charge in [0.05, 0.1) is 46.6 Å². The first-order valence-electron chi connectivity index (χ1n) is 21.9. The van der Waals surface area contributed by atoms with E-state index in [2.05, 4.69) is 25.6 Å². The molecule has 0 spiro atoms. The lowest BCUT2D eigenvalue weighted by atomic mass is 10.0. The van der Waals surface area contributed by atoms with Gasteiger partial charge in [0.2, 0.25) is 0 Å². The lowest BCUT2D eigenvalue weighted by molar-refractivity contribution is 0.00576. The molecule has 4 N–H and O–H groups in total. The summed E-state index contributed by atoms with van der Waals surface area (Å²) in [5, 5.41) is 10.7. The first kappa shape index (κ1) is 49.5. The van der Waals surface area contributed by atoms with Crippen LogP contribution in [0.1, 0.15) is 126 Å². The molecular formula is C52H59ClN6O8. The van der Waals surface area contributed by atoms with Crippen LogP contribution in [0.5, 0.6) is 0 Å². The van der Waals surface area contributed by atoms with Crippen LogP contribution in [-0.2, 0) is 32.0 Å². The SMILES string of the molecule is CC(C)(C)OC(=O)NCc1nc2c(ccc3c[nH]c(/C=C/c4ccccc4)cc32)c1C(=O)OC(C)(C)C.CC(C)(C)OC(=O)NCc1nc2c(ccc3c[nH]c(Cl)cc32)c1C(=O)OC(C)(C)C. The van der Waals surface area contributed by atoms with Crippen molar-refractivity contribution in [1.29, 1.82) is 0 Å². The first-order valence-corrected chi connectivity index (χ1v) is 22.3. The van der Waals surface area contributed by atoms with E-state index in [0.717, 1.165) is 32.8 Å². The molecule has 2 amide bonds. The monoisotopic (exact) mass is 930 g/mol. The average molecular weight is 932 g/mol.